The van der Waals surface area contributed by atoms with E-state index in [4.69, 9.17) is 16.3 Å². The predicted molar refractivity (Wildman–Crippen MR) is 124 cm³/mol. The first kappa shape index (κ1) is 24.2. The van der Waals surface area contributed by atoms with E-state index in [1.807, 2.05) is 45.0 Å². The molecule has 1 N–H and O–H groups in total. The molecule has 0 heterocycles. The van der Waals surface area contributed by atoms with Gasteiger partial charge >= 0.3 is 0 Å². The summed E-state index contributed by atoms with van der Waals surface area (Å²) < 4.78 is 6.79. The Bertz CT molecular complexity index is 881. The molecule has 0 saturated heterocycles. The number of rotatable bonds is 9. The SMILES string of the molecule is CCCNC(=O)[C@H](C)N(Cc1cccc(Cl)c1)C(=O)COc1cc(C)c(Br)c(C)c1. The number of carbonyl (C=O) groups is 2. The van der Waals surface area contributed by atoms with Crippen LogP contribution in [0.25, 0.3) is 0 Å². The zero-order valence-corrected chi connectivity index (χ0v) is 20.1. The van der Waals surface area contributed by atoms with Crippen molar-refractivity contribution in [2.75, 3.05) is 13.2 Å². The van der Waals surface area contributed by atoms with Crippen LogP contribution >= 0.6 is 27.5 Å². The third-order valence-electron chi connectivity index (χ3n) is 4.73. The van der Waals surface area contributed by atoms with E-state index in [0.717, 1.165) is 27.6 Å². The number of carbonyl (C=O) groups excluding carboxylic acids is 2. The maximum absolute atomic E-state index is 13.0. The standard InChI is InChI=1S/C23H28BrClN2O3/c1-5-9-26-23(29)17(4)27(13-18-7-6-8-19(25)12-18)21(28)14-30-20-10-15(2)22(24)16(3)11-20/h6-8,10-12,17H,5,9,13-14H2,1-4H3,(H,26,29)/t17-/m0/s1. The second-order valence-corrected chi connectivity index (χ2v) is 8.51. The van der Waals surface area contributed by atoms with Gasteiger partial charge < -0.3 is 15.0 Å². The number of aryl methyl sites for hydroxylation is 2. The van der Waals surface area contributed by atoms with Crippen LogP contribution in [0.1, 0.15) is 37.0 Å². The Hall–Kier alpha value is -2.05. The largest absolute Gasteiger partial charge is 0.484 e. The first-order valence-electron chi connectivity index (χ1n) is 9.94. The van der Waals surface area contributed by atoms with E-state index < -0.39 is 6.04 Å². The summed E-state index contributed by atoms with van der Waals surface area (Å²) in [4.78, 5) is 27.1. The zero-order valence-electron chi connectivity index (χ0n) is 17.8. The van der Waals surface area contributed by atoms with Crippen molar-refractivity contribution in [1.29, 1.82) is 0 Å². The minimum Gasteiger partial charge on any atom is -0.484 e. The molecule has 1 atom stereocenters. The van der Waals surface area contributed by atoms with E-state index in [1.54, 1.807) is 19.1 Å². The summed E-state index contributed by atoms with van der Waals surface area (Å²) >= 11 is 9.62. The summed E-state index contributed by atoms with van der Waals surface area (Å²) in [5.74, 6) is 0.155. The fourth-order valence-corrected chi connectivity index (χ4v) is 3.47. The fraction of sp³-hybridized carbons (Fsp3) is 0.391. The molecule has 0 aliphatic rings. The lowest BCUT2D eigenvalue weighted by Crippen LogP contribution is -2.49. The summed E-state index contributed by atoms with van der Waals surface area (Å²) in [5.41, 5.74) is 2.91. The second kappa shape index (κ2) is 11.4. The molecule has 0 fully saturated rings. The van der Waals surface area contributed by atoms with Crippen LogP contribution in [-0.4, -0.2) is 35.9 Å². The number of benzene rings is 2. The van der Waals surface area contributed by atoms with Crippen LogP contribution in [-0.2, 0) is 16.1 Å². The minimum atomic E-state index is -0.639. The van der Waals surface area contributed by atoms with Gasteiger partial charge in [-0.1, -0.05) is 46.6 Å². The molecule has 7 heteroatoms. The van der Waals surface area contributed by atoms with Crippen LogP contribution in [0.5, 0.6) is 5.75 Å². The van der Waals surface area contributed by atoms with E-state index >= 15 is 0 Å². The lowest BCUT2D eigenvalue weighted by Gasteiger charge is -2.29. The van der Waals surface area contributed by atoms with Crippen molar-refractivity contribution in [3.8, 4) is 5.75 Å². The molecule has 30 heavy (non-hydrogen) atoms. The van der Waals surface area contributed by atoms with Crippen molar-refractivity contribution in [3.05, 3.63) is 62.6 Å². The van der Waals surface area contributed by atoms with Gasteiger partial charge in [-0.15, -0.1) is 0 Å². The van der Waals surface area contributed by atoms with Crippen molar-refractivity contribution in [1.82, 2.24) is 10.2 Å². The molecule has 0 radical (unpaired) electrons. The highest BCUT2D eigenvalue weighted by molar-refractivity contribution is 9.10. The first-order valence-corrected chi connectivity index (χ1v) is 11.1. The van der Waals surface area contributed by atoms with E-state index in [9.17, 15) is 9.59 Å². The van der Waals surface area contributed by atoms with Crippen molar-refractivity contribution < 1.29 is 14.3 Å². The Balaban J connectivity index is 2.17. The monoisotopic (exact) mass is 494 g/mol. The molecule has 0 aromatic heterocycles. The maximum atomic E-state index is 13.0. The van der Waals surface area contributed by atoms with Gasteiger partial charge in [-0.2, -0.15) is 0 Å². The molecule has 0 bridgehead atoms. The summed E-state index contributed by atoms with van der Waals surface area (Å²) in [6.45, 7) is 8.32. The van der Waals surface area contributed by atoms with Crippen molar-refractivity contribution in [3.63, 3.8) is 0 Å². The molecule has 0 saturated carbocycles. The summed E-state index contributed by atoms with van der Waals surface area (Å²) in [7, 11) is 0. The number of nitrogens with one attached hydrogen (secondary N) is 1. The molecule has 5 nitrogen and oxygen atoms in total. The Morgan fingerprint density at radius 2 is 1.87 bits per heavy atom. The zero-order chi connectivity index (χ0) is 22.3. The van der Waals surface area contributed by atoms with Crippen LogP contribution in [0.2, 0.25) is 5.02 Å². The van der Waals surface area contributed by atoms with E-state index in [-0.39, 0.29) is 25.0 Å². The number of halogens is 2. The first-order chi connectivity index (χ1) is 14.2. The molecule has 0 aliphatic carbocycles. The van der Waals surface area contributed by atoms with Gasteiger partial charge in [-0.05, 0) is 68.1 Å². The molecular formula is C23H28BrClN2O3. The number of ether oxygens (including phenoxy) is 1. The van der Waals surface area contributed by atoms with Crippen LogP contribution in [0.4, 0.5) is 0 Å². The normalized spacial score (nSPS) is 11.7. The molecule has 0 unspecified atom stereocenters. The number of nitrogens with zero attached hydrogens (tertiary/aromatic N) is 1. The number of hydrogen-bond acceptors (Lipinski definition) is 3. The quantitative estimate of drug-likeness (QED) is 0.530. The van der Waals surface area contributed by atoms with Gasteiger partial charge in [0.2, 0.25) is 5.91 Å². The Labute approximate surface area is 191 Å². The second-order valence-electron chi connectivity index (χ2n) is 7.28. The highest BCUT2D eigenvalue weighted by atomic mass is 79.9. The summed E-state index contributed by atoms with van der Waals surface area (Å²) in [6, 6.07) is 10.4. The lowest BCUT2D eigenvalue weighted by atomic mass is 10.1. The average Bonchev–Trinajstić information content (AvgIpc) is 2.71. The third kappa shape index (κ3) is 6.74. The van der Waals surface area contributed by atoms with Gasteiger partial charge in [0.05, 0.1) is 0 Å². The summed E-state index contributed by atoms with van der Waals surface area (Å²) in [6.07, 6.45) is 0.825. The van der Waals surface area contributed by atoms with Gasteiger partial charge in [0.25, 0.3) is 5.91 Å². The molecule has 2 rings (SSSR count). The highest BCUT2D eigenvalue weighted by Crippen LogP contribution is 2.26. The fourth-order valence-electron chi connectivity index (χ4n) is 3.03. The van der Waals surface area contributed by atoms with Crippen LogP contribution in [0, 0.1) is 13.8 Å². The molecule has 0 aliphatic heterocycles. The minimum absolute atomic E-state index is 0.160. The van der Waals surface area contributed by atoms with Crippen molar-refractivity contribution in [2.24, 2.45) is 0 Å². The molecule has 2 aromatic rings. The smallest absolute Gasteiger partial charge is 0.261 e. The van der Waals surface area contributed by atoms with Crippen molar-refractivity contribution in [2.45, 2.75) is 46.7 Å². The Morgan fingerprint density at radius 3 is 2.47 bits per heavy atom. The molecule has 0 spiro atoms. The van der Waals surface area contributed by atoms with E-state index in [2.05, 4.69) is 21.2 Å². The van der Waals surface area contributed by atoms with Gasteiger partial charge in [0.1, 0.15) is 11.8 Å². The van der Waals surface area contributed by atoms with Gasteiger partial charge in [-0.3, -0.25) is 9.59 Å². The lowest BCUT2D eigenvalue weighted by molar-refractivity contribution is -0.142. The predicted octanol–water partition coefficient (Wildman–Crippen LogP) is 5.04. The third-order valence-corrected chi connectivity index (χ3v) is 6.22. The van der Waals surface area contributed by atoms with Crippen LogP contribution in [0.3, 0.4) is 0 Å². The number of hydrogen-bond donors (Lipinski definition) is 1. The average molecular weight is 496 g/mol. The number of amides is 2. The Morgan fingerprint density at radius 1 is 1.20 bits per heavy atom. The molecule has 162 valence electrons. The van der Waals surface area contributed by atoms with Crippen molar-refractivity contribution >= 4 is 39.3 Å². The maximum Gasteiger partial charge on any atom is 0.261 e. The van der Waals surface area contributed by atoms with E-state index in [1.165, 1.54) is 4.90 Å². The van der Waals surface area contributed by atoms with Crippen LogP contribution < -0.4 is 10.1 Å². The van der Waals surface area contributed by atoms with Crippen LogP contribution in [0.15, 0.2) is 40.9 Å². The van der Waals surface area contributed by atoms with Gasteiger partial charge in [-0.25, -0.2) is 0 Å². The van der Waals surface area contributed by atoms with Gasteiger partial charge in [0, 0.05) is 22.6 Å². The topological polar surface area (TPSA) is 58.6 Å². The molecule has 2 aromatic carbocycles. The molecule has 2 amide bonds. The summed E-state index contributed by atoms with van der Waals surface area (Å²) in [5, 5.41) is 3.44. The molecular weight excluding hydrogens is 468 g/mol. The Kier molecular flexibility index (Phi) is 9.18. The highest BCUT2D eigenvalue weighted by Gasteiger charge is 2.26. The van der Waals surface area contributed by atoms with E-state index in [0.29, 0.717) is 17.3 Å². The van der Waals surface area contributed by atoms with Gasteiger partial charge in [0.15, 0.2) is 6.61 Å².